The summed E-state index contributed by atoms with van der Waals surface area (Å²) in [5.41, 5.74) is -0.216. The predicted molar refractivity (Wildman–Crippen MR) is 91.5 cm³/mol. The van der Waals surface area contributed by atoms with Gasteiger partial charge in [0.2, 0.25) is 0 Å². The van der Waals surface area contributed by atoms with E-state index in [0.717, 1.165) is 12.8 Å². The molecule has 146 valence electrons. The van der Waals surface area contributed by atoms with Crippen LogP contribution in [0.1, 0.15) is 50.4 Å². The van der Waals surface area contributed by atoms with Gasteiger partial charge in [-0.25, -0.2) is 14.5 Å². The second-order valence-corrected chi connectivity index (χ2v) is 6.06. The quantitative estimate of drug-likeness (QED) is 0.251. The number of hydrogen-bond donors (Lipinski definition) is 0. The van der Waals surface area contributed by atoms with E-state index in [1.807, 2.05) is 13.8 Å². The van der Waals surface area contributed by atoms with Crippen LogP contribution in [0.3, 0.4) is 0 Å². The summed E-state index contributed by atoms with van der Waals surface area (Å²) in [7, 11) is 1.56. The fourth-order valence-electron chi connectivity index (χ4n) is 1.65. The number of methoxy groups -OCH3 is 1. The van der Waals surface area contributed by atoms with Gasteiger partial charge in [-0.05, 0) is 44.5 Å². The van der Waals surface area contributed by atoms with Crippen molar-refractivity contribution in [3.8, 4) is 5.75 Å². The zero-order valence-electron chi connectivity index (χ0n) is 15.6. The van der Waals surface area contributed by atoms with Crippen LogP contribution in [0.15, 0.2) is 24.3 Å². The Morgan fingerprint density at radius 3 is 2.35 bits per heavy atom. The molecule has 0 N–H and O–H groups in total. The van der Waals surface area contributed by atoms with Crippen LogP contribution in [0.4, 0.5) is 4.79 Å². The van der Waals surface area contributed by atoms with Crippen molar-refractivity contribution < 1.29 is 38.6 Å². The predicted octanol–water partition coefficient (Wildman–Crippen LogP) is 3.84. The highest BCUT2D eigenvalue weighted by Gasteiger charge is 2.18. The van der Waals surface area contributed by atoms with Gasteiger partial charge in [-0.3, -0.25) is 4.89 Å². The highest BCUT2D eigenvalue weighted by Crippen LogP contribution is 2.14. The standard InChI is InChI=1S/C18H26O8/c1-5-6-12-22-15-9-7-14(8-10-15)16(19)24-26-25-17(20)23-13-11-18(2,3)21-4/h7-10H,5-6,11-13H2,1-4H3. The molecule has 0 aliphatic rings. The Labute approximate surface area is 153 Å². The topological polar surface area (TPSA) is 89.5 Å². The molecule has 0 radical (unpaired) electrons. The van der Waals surface area contributed by atoms with E-state index >= 15 is 0 Å². The Morgan fingerprint density at radius 2 is 1.73 bits per heavy atom. The summed E-state index contributed by atoms with van der Waals surface area (Å²) < 4.78 is 15.4. The van der Waals surface area contributed by atoms with Crippen molar-refractivity contribution in [1.29, 1.82) is 0 Å². The third-order valence-electron chi connectivity index (χ3n) is 3.55. The molecule has 26 heavy (non-hydrogen) atoms. The maximum atomic E-state index is 11.7. The lowest BCUT2D eigenvalue weighted by Crippen LogP contribution is -2.25. The SMILES string of the molecule is CCCCOc1ccc(C(=O)OOOC(=O)OCCC(C)(C)OC)cc1. The molecule has 1 aromatic carbocycles. The fraction of sp³-hybridized carbons (Fsp3) is 0.556. The van der Waals surface area contributed by atoms with Crippen molar-refractivity contribution in [3.63, 3.8) is 0 Å². The van der Waals surface area contributed by atoms with Gasteiger partial charge in [0, 0.05) is 13.5 Å². The average molecular weight is 370 g/mol. The van der Waals surface area contributed by atoms with Gasteiger partial charge in [0.15, 0.2) is 0 Å². The molecular formula is C18H26O8. The first-order valence-corrected chi connectivity index (χ1v) is 8.38. The van der Waals surface area contributed by atoms with Gasteiger partial charge >= 0.3 is 12.1 Å². The molecule has 0 saturated heterocycles. The van der Waals surface area contributed by atoms with Gasteiger partial charge in [-0.1, -0.05) is 13.3 Å². The third-order valence-corrected chi connectivity index (χ3v) is 3.55. The van der Waals surface area contributed by atoms with Crippen LogP contribution in [-0.4, -0.2) is 38.0 Å². The number of unbranched alkanes of at least 4 members (excludes halogenated alkanes) is 1. The van der Waals surface area contributed by atoms with E-state index in [1.54, 1.807) is 19.2 Å². The average Bonchev–Trinajstić information content (AvgIpc) is 2.62. The van der Waals surface area contributed by atoms with Crippen LogP contribution < -0.4 is 4.74 Å². The molecule has 0 amide bonds. The Balaban J connectivity index is 2.26. The van der Waals surface area contributed by atoms with Crippen LogP contribution in [0.2, 0.25) is 0 Å². The molecule has 0 heterocycles. The van der Waals surface area contributed by atoms with Crippen LogP contribution in [0, 0.1) is 0 Å². The summed E-state index contributed by atoms with van der Waals surface area (Å²) >= 11 is 0. The van der Waals surface area contributed by atoms with Gasteiger partial charge in [0.1, 0.15) is 5.75 Å². The molecule has 8 heteroatoms. The summed E-state index contributed by atoms with van der Waals surface area (Å²) in [6, 6.07) is 6.30. The molecule has 0 saturated carbocycles. The number of rotatable bonds is 11. The van der Waals surface area contributed by atoms with Gasteiger partial charge in [0.25, 0.3) is 0 Å². The molecule has 0 fully saturated rings. The zero-order valence-corrected chi connectivity index (χ0v) is 15.6. The van der Waals surface area contributed by atoms with Gasteiger partial charge in [-0.2, -0.15) is 0 Å². The van der Waals surface area contributed by atoms with Crippen molar-refractivity contribution in [2.75, 3.05) is 20.3 Å². The fourth-order valence-corrected chi connectivity index (χ4v) is 1.65. The summed E-state index contributed by atoms with van der Waals surface area (Å²) in [4.78, 5) is 31.6. The lowest BCUT2D eigenvalue weighted by Gasteiger charge is -2.21. The van der Waals surface area contributed by atoms with Gasteiger partial charge in [-0.15, -0.1) is 0 Å². The van der Waals surface area contributed by atoms with E-state index in [2.05, 4.69) is 21.7 Å². The number of carbonyl (C=O) groups excluding carboxylic acids is 2. The lowest BCUT2D eigenvalue weighted by atomic mass is 10.1. The molecule has 0 aliphatic carbocycles. The van der Waals surface area contributed by atoms with Crippen molar-refractivity contribution in [1.82, 2.24) is 0 Å². The lowest BCUT2D eigenvalue weighted by molar-refractivity contribution is -0.452. The number of ether oxygens (including phenoxy) is 3. The summed E-state index contributed by atoms with van der Waals surface area (Å²) in [5.74, 6) is -0.173. The number of benzene rings is 1. The minimum Gasteiger partial charge on any atom is -0.494 e. The third kappa shape index (κ3) is 8.68. The van der Waals surface area contributed by atoms with Crippen molar-refractivity contribution in [2.45, 2.75) is 45.6 Å². The van der Waals surface area contributed by atoms with E-state index in [-0.39, 0.29) is 12.2 Å². The summed E-state index contributed by atoms with van der Waals surface area (Å²) in [5, 5.41) is 4.14. The number of hydrogen-bond acceptors (Lipinski definition) is 8. The molecule has 8 nitrogen and oxygen atoms in total. The molecule has 0 atom stereocenters. The van der Waals surface area contributed by atoms with Crippen molar-refractivity contribution >= 4 is 12.1 Å². The van der Waals surface area contributed by atoms with Crippen LogP contribution in [0.5, 0.6) is 5.75 Å². The molecule has 0 aromatic heterocycles. The first kappa shape index (κ1) is 21.7. The maximum Gasteiger partial charge on any atom is 0.543 e. The molecule has 0 unspecified atom stereocenters. The zero-order chi connectivity index (χ0) is 19.4. The van der Waals surface area contributed by atoms with E-state index in [1.165, 1.54) is 12.1 Å². The molecule has 1 rings (SSSR count). The van der Waals surface area contributed by atoms with E-state index in [9.17, 15) is 9.59 Å². The largest absolute Gasteiger partial charge is 0.543 e. The number of carbonyl (C=O) groups is 2. The van der Waals surface area contributed by atoms with Gasteiger partial charge < -0.3 is 14.2 Å². The Morgan fingerprint density at radius 1 is 1.04 bits per heavy atom. The minimum atomic E-state index is -1.12. The first-order valence-electron chi connectivity index (χ1n) is 8.38. The second-order valence-electron chi connectivity index (χ2n) is 6.06. The van der Waals surface area contributed by atoms with E-state index in [4.69, 9.17) is 14.2 Å². The summed E-state index contributed by atoms with van der Waals surface area (Å²) in [6.45, 7) is 6.44. The maximum absolute atomic E-state index is 11.7. The van der Waals surface area contributed by atoms with E-state index < -0.39 is 17.7 Å². The first-order chi connectivity index (χ1) is 12.4. The van der Waals surface area contributed by atoms with Crippen LogP contribution in [-0.2, 0) is 24.3 Å². The van der Waals surface area contributed by atoms with Crippen molar-refractivity contribution in [2.24, 2.45) is 0 Å². The Kier molecular flexibility index (Phi) is 9.46. The molecule has 0 spiro atoms. The van der Waals surface area contributed by atoms with Crippen molar-refractivity contribution in [3.05, 3.63) is 29.8 Å². The summed E-state index contributed by atoms with van der Waals surface area (Å²) in [6.07, 6.45) is 1.33. The molecule has 0 aliphatic heterocycles. The van der Waals surface area contributed by atoms with Crippen LogP contribution in [0.25, 0.3) is 0 Å². The molecular weight excluding hydrogens is 344 g/mol. The van der Waals surface area contributed by atoms with E-state index in [0.29, 0.717) is 18.8 Å². The Hall–Kier alpha value is -2.32. The highest BCUT2D eigenvalue weighted by molar-refractivity contribution is 5.89. The normalized spacial score (nSPS) is 10.9. The highest BCUT2D eigenvalue weighted by atomic mass is 17.5. The monoisotopic (exact) mass is 370 g/mol. The second kappa shape index (κ2) is 11.3. The smallest absolute Gasteiger partial charge is 0.494 e. The van der Waals surface area contributed by atoms with Gasteiger partial charge in [0.05, 0.1) is 29.4 Å². The van der Waals surface area contributed by atoms with Crippen LogP contribution >= 0.6 is 0 Å². The molecule has 0 bridgehead atoms. The molecule has 1 aromatic rings. The Bertz CT molecular complexity index is 553. The minimum absolute atomic E-state index is 0.0659.